The predicted molar refractivity (Wildman–Crippen MR) is 97.9 cm³/mol. The molecular weight excluding hydrogens is 360 g/mol. The van der Waals surface area contributed by atoms with Crippen molar-refractivity contribution in [3.05, 3.63) is 53.1 Å². The standard InChI is InChI=1S/C18H17ClN2O3S/c1-11(22)21-8-7-12-9-14-16(10-15(12)21)20(2)25(23,24)17-6-4-3-5-13(17)18(14)19/h3-6,9-10,18H,7-8H2,1-2H3. The molecule has 1 atom stereocenters. The molecule has 0 N–H and O–H groups in total. The van der Waals surface area contributed by atoms with Gasteiger partial charge in [-0.3, -0.25) is 9.10 Å². The van der Waals surface area contributed by atoms with Gasteiger partial charge in [-0.1, -0.05) is 18.2 Å². The number of carbonyl (C=O) groups is 1. The minimum atomic E-state index is -3.71. The van der Waals surface area contributed by atoms with Crippen molar-refractivity contribution in [1.82, 2.24) is 0 Å². The van der Waals surface area contributed by atoms with Crippen LogP contribution in [0.15, 0.2) is 41.3 Å². The molecule has 4 rings (SSSR count). The van der Waals surface area contributed by atoms with E-state index >= 15 is 0 Å². The number of rotatable bonds is 0. The second-order valence-corrected chi connectivity index (χ2v) is 8.71. The number of fused-ring (bicyclic) bond motifs is 3. The van der Waals surface area contributed by atoms with Gasteiger partial charge in [0.2, 0.25) is 5.91 Å². The Kier molecular flexibility index (Phi) is 3.60. The zero-order chi connectivity index (χ0) is 17.9. The lowest BCUT2D eigenvalue weighted by Gasteiger charge is -2.23. The summed E-state index contributed by atoms with van der Waals surface area (Å²) in [6.45, 7) is 2.12. The molecule has 2 aliphatic rings. The third-order valence-corrected chi connectivity index (χ3v) is 7.26. The van der Waals surface area contributed by atoms with E-state index in [1.54, 1.807) is 35.2 Å². The zero-order valence-corrected chi connectivity index (χ0v) is 15.4. The molecular formula is C18H17ClN2O3S. The molecule has 5 nitrogen and oxygen atoms in total. The van der Waals surface area contributed by atoms with Crippen LogP contribution in [-0.2, 0) is 21.2 Å². The van der Waals surface area contributed by atoms with Crippen LogP contribution in [-0.4, -0.2) is 27.9 Å². The van der Waals surface area contributed by atoms with Crippen molar-refractivity contribution in [2.45, 2.75) is 23.6 Å². The number of amides is 1. The lowest BCUT2D eigenvalue weighted by atomic mass is 9.99. The maximum Gasteiger partial charge on any atom is 0.264 e. The largest absolute Gasteiger partial charge is 0.312 e. The van der Waals surface area contributed by atoms with Crippen LogP contribution in [0.4, 0.5) is 11.4 Å². The summed E-state index contributed by atoms with van der Waals surface area (Å²) in [7, 11) is -2.19. The van der Waals surface area contributed by atoms with Crippen LogP contribution in [0.2, 0.25) is 0 Å². The number of benzene rings is 2. The Balaban J connectivity index is 2.00. The molecule has 0 bridgehead atoms. The highest BCUT2D eigenvalue weighted by Crippen LogP contribution is 2.46. The van der Waals surface area contributed by atoms with Gasteiger partial charge in [0, 0.05) is 26.2 Å². The topological polar surface area (TPSA) is 57.7 Å². The van der Waals surface area contributed by atoms with E-state index in [0.717, 1.165) is 23.2 Å². The number of anilines is 2. The number of alkyl halides is 1. The minimum absolute atomic E-state index is 0.0523. The van der Waals surface area contributed by atoms with Crippen LogP contribution in [0.25, 0.3) is 0 Å². The van der Waals surface area contributed by atoms with Gasteiger partial charge in [0.1, 0.15) is 0 Å². The normalized spacial score (nSPS) is 20.5. The van der Waals surface area contributed by atoms with Crippen molar-refractivity contribution < 1.29 is 13.2 Å². The Morgan fingerprint density at radius 2 is 1.88 bits per heavy atom. The van der Waals surface area contributed by atoms with Crippen LogP contribution in [0, 0.1) is 0 Å². The first-order valence-electron chi connectivity index (χ1n) is 7.99. The van der Waals surface area contributed by atoms with Crippen LogP contribution in [0.3, 0.4) is 0 Å². The van der Waals surface area contributed by atoms with Gasteiger partial charge in [-0.2, -0.15) is 0 Å². The number of nitrogens with zero attached hydrogens (tertiary/aromatic N) is 2. The van der Waals surface area contributed by atoms with Crippen molar-refractivity contribution >= 4 is 38.9 Å². The Bertz CT molecular complexity index is 1000. The summed E-state index contributed by atoms with van der Waals surface area (Å²) in [5.41, 5.74) is 3.63. The second-order valence-electron chi connectivity index (χ2n) is 6.33. The van der Waals surface area contributed by atoms with E-state index in [2.05, 4.69) is 0 Å². The summed E-state index contributed by atoms with van der Waals surface area (Å²) >= 11 is 6.70. The summed E-state index contributed by atoms with van der Waals surface area (Å²) < 4.78 is 27.3. The van der Waals surface area contributed by atoms with Crippen molar-refractivity contribution in [2.75, 3.05) is 22.8 Å². The van der Waals surface area contributed by atoms with Gasteiger partial charge in [0.15, 0.2) is 0 Å². The lowest BCUT2D eigenvalue weighted by Crippen LogP contribution is -2.28. The molecule has 0 saturated heterocycles. The third kappa shape index (κ3) is 2.28. The summed E-state index contributed by atoms with van der Waals surface area (Å²) in [4.78, 5) is 13.8. The number of sulfonamides is 1. The smallest absolute Gasteiger partial charge is 0.264 e. The molecule has 0 aliphatic carbocycles. The number of hydrogen-bond acceptors (Lipinski definition) is 3. The number of hydrogen-bond donors (Lipinski definition) is 0. The Morgan fingerprint density at radius 3 is 2.60 bits per heavy atom. The highest BCUT2D eigenvalue weighted by Gasteiger charge is 2.36. The van der Waals surface area contributed by atoms with Crippen molar-refractivity contribution in [3.8, 4) is 0 Å². The Labute approximate surface area is 151 Å². The first-order chi connectivity index (χ1) is 11.8. The fourth-order valence-corrected chi connectivity index (χ4v) is 5.49. The molecule has 0 spiro atoms. The molecule has 7 heteroatoms. The summed E-state index contributed by atoms with van der Waals surface area (Å²) in [6, 6.07) is 10.5. The molecule has 2 heterocycles. The monoisotopic (exact) mass is 376 g/mol. The molecule has 2 aromatic carbocycles. The molecule has 1 unspecified atom stereocenters. The fourth-order valence-electron chi connectivity index (χ4n) is 3.62. The fraction of sp³-hybridized carbons (Fsp3) is 0.278. The first kappa shape index (κ1) is 16.4. The van der Waals surface area contributed by atoms with E-state index in [-0.39, 0.29) is 10.8 Å². The van der Waals surface area contributed by atoms with E-state index in [1.807, 2.05) is 6.07 Å². The SMILES string of the molecule is CC(=O)N1CCc2cc3c(cc21)N(C)S(=O)(=O)c1ccccc1C3Cl. The molecule has 0 fully saturated rings. The summed E-state index contributed by atoms with van der Waals surface area (Å²) in [5.74, 6) is -0.0523. The molecule has 1 amide bonds. The molecule has 130 valence electrons. The van der Waals surface area contributed by atoms with E-state index < -0.39 is 15.4 Å². The predicted octanol–water partition coefficient (Wildman–Crippen LogP) is 3.06. The van der Waals surface area contributed by atoms with Crippen molar-refractivity contribution in [2.24, 2.45) is 0 Å². The van der Waals surface area contributed by atoms with Gasteiger partial charge in [-0.15, -0.1) is 11.6 Å². The molecule has 0 radical (unpaired) electrons. The van der Waals surface area contributed by atoms with Crippen LogP contribution in [0.5, 0.6) is 0 Å². The Hall–Kier alpha value is -2.05. The van der Waals surface area contributed by atoms with Crippen LogP contribution in [0.1, 0.15) is 29.0 Å². The molecule has 0 saturated carbocycles. The highest BCUT2D eigenvalue weighted by atomic mass is 35.5. The maximum absolute atomic E-state index is 13.0. The summed E-state index contributed by atoms with van der Waals surface area (Å²) in [6.07, 6.45) is 0.740. The van der Waals surface area contributed by atoms with Crippen molar-refractivity contribution in [3.63, 3.8) is 0 Å². The van der Waals surface area contributed by atoms with E-state index in [4.69, 9.17) is 11.6 Å². The van der Waals surface area contributed by atoms with Gasteiger partial charge in [0.05, 0.1) is 16.0 Å². The molecule has 2 aromatic rings. The highest BCUT2D eigenvalue weighted by molar-refractivity contribution is 7.92. The van der Waals surface area contributed by atoms with E-state index in [1.165, 1.54) is 18.3 Å². The first-order valence-corrected chi connectivity index (χ1v) is 9.87. The van der Waals surface area contributed by atoms with Gasteiger partial charge in [-0.05, 0) is 41.3 Å². The van der Waals surface area contributed by atoms with Crippen molar-refractivity contribution in [1.29, 1.82) is 0 Å². The van der Waals surface area contributed by atoms with Crippen LogP contribution < -0.4 is 9.21 Å². The zero-order valence-electron chi connectivity index (χ0n) is 13.9. The second kappa shape index (κ2) is 5.47. The quantitative estimate of drug-likeness (QED) is 0.664. The average Bonchev–Trinajstić information content (AvgIpc) is 3.00. The summed E-state index contributed by atoms with van der Waals surface area (Å²) in [5, 5.41) is -0.567. The Morgan fingerprint density at radius 1 is 1.16 bits per heavy atom. The van der Waals surface area contributed by atoms with Gasteiger partial charge in [0.25, 0.3) is 10.0 Å². The molecule has 2 aliphatic heterocycles. The number of halogens is 1. The maximum atomic E-state index is 13.0. The minimum Gasteiger partial charge on any atom is -0.312 e. The van der Waals surface area contributed by atoms with Gasteiger partial charge in [-0.25, -0.2) is 8.42 Å². The lowest BCUT2D eigenvalue weighted by molar-refractivity contribution is -0.116. The van der Waals surface area contributed by atoms with E-state index in [9.17, 15) is 13.2 Å². The third-order valence-electron chi connectivity index (χ3n) is 4.95. The van der Waals surface area contributed by atoms with E-state index in [0.29, 0.717) is 17.8 Å². The molecule has 0 aromatic heterocycles. The number of carbonyl (C=O) groups excluding carboxylic acids is 1. The average molecular weight is 377 g/mol. The van der Waals surface area contributed by atoms with Crippen LogP contribution >= 0.6 is 11.6 Å². The van der Waals surface area contributed by atoms with Gasteiger partial charge >= 0.3 is 0 Å². The molecule has 25 heavy (non-hydrogen) atoms. The van der Waals surface area contributed by atoms with Gasteiger partial charge < -0.3 is 4.90 Å².